The van der Waals surface area contributed by atoms with Gasteiger partial charge in [0.15, 0.2) is 23.3 Å². The molecular weight excluding hydrogens is 973 g/mol. The van der Waals surface area contributed by atoms with Crippen molar-refractivity contribution in [1.82, 2.24) is 30.6 Å². The topological polar surface area (TPSA) is 159 Å². The number of benzene rings is 6. The minimum absolute atomic E-state index is 0.0167. The monoisotopic (exact) mass is 1010 g/mol. The first-order valence-electron chi connectivity index (χ1n) is 22.1. The molecule has 22 heteroatoms. The van der Waals surface area contributed by atoms with Crippen LogP contribution in [0, 0.1) is 40.7 Å². The molecule has 2 aliphatic heterocycles. The quantitative estimate of drug-likeness (QED) is 0.0761. The molecule has 0 spiro atoms. The number of nitrogens with zero attached hydrogens (tertiary/aromatic N) is 6. The van der Waals surface area contributed by atoms with E-state index in [1.54, 1.807) is 30.6 Å². The van der Waals surface area contributed by atoms with Crippen molar-refractivity contribution >= 4 is 68.5 Å². The maximum atomic E-state index is 14.8. The van der Waals surface area contributed by atoms with Crippen molar-refractivity contribution in [3.63, 3.8) is 0 Å². The minimum atomic E-state index is -1.63. The second-order valence-electron chi connectivity index (χ2n) is 16.1. The predicted molar refractivity (Wildman–Crippen MR) is 256 cm³/mol. The van der Waals surface area contributed by atoms with Gasteiger partial charge in [-0.15, -0.1) is 0 Å². The molecular formula is C50H38ClF7N10O4. The Labute approximate surface area is 409 Å². The van der Waals surface area contributed by atoms with Crippen molar-refractivity contribution in [1.29, 1.82) is 0 Å². The number of ether oxygens (including phenoxy) is 2. The van der Waals surface area contributed by atoms with Crippen LogP contribution in [0.4, 0.5) is 53.7 Å². The van der Waals surface area contributed by atoms with Crippen molar-refractivity contribution in [2.24, 2.45) is 0 Å². The summed E-state index contributed by atoms with van der Waals surface area (Å²) in [4.78, 5) is 46.6. The van der Waals surface area contributed by atoms with Crippen LogP contribution >= 0.6 is 11.6 Å². The lowest BCUT2D eigenvalue weighted by Crippen LogP contribution is -2.43. The molecule has 8 aromatic rings. The summed E-state index contributed by atoms with van der Waals surface area (Å²) in [6.07, 6.45) is 3.32. The molecule has 72 heavy (non-hydrogen) atoms. The molecule has 2 fully saturated rings. The van der Waals surface area contributed by atoms with Crippen molar-refractivity contribution in [2.75, 3.05) is 72.8 Å². The Kier molecular flexibility index (Phi) is 14.6. The van der Waals surface area contributed by atoms with Crippen LogP contribution in [0.2, 0.25) is 5.02 Å². The summed E-state index contributed by atoms with van der Waals surface area (Å²) >= 11 is 5.85. The molecule has 2 saturated heterocycles. The molecule has 14 nitrogen and oxygen atoms in total. The van der Waals surface area contributed by atoms with E-state index in [9.17, 15) is 40.3 Å². The molecule has 0 aliphatic carbocycles. The zero-order valence-electron chi connectivity index (χ0n) is 37.4. The number of anilines is 4. The van der Waals surface area contributed by atoms with Crippen LogP contribution in [0.1, 0.15) is 20.7 Å². The van der Waals surface area contributed by atoms with E-state index in [0.29, 0.717) is 45.8 Å². The lowest BCUT2D eigenvalue weighted by molar-refractivity contribution is 0.101. The molecule has 2 aromatic heterocycles. The molecule has 368 valence electrons. The van der Waals surface area contributed by atoms with E-state index in [-0.39, 0.29) is 27.6 Å². The van der Waals surface area contributed by atoms with Gasteiger partial charge in [0.1, 0.15) is 29.0 Å². The van der Waals surface area contributed by atoms with Gasteiger partial charge in [0.2, 0.25) is 23.1 Å². The average molecular weight is 1010 g/mol. The number of fused-ring (bicyclic) bond motifs is 2. The van der Waals surface area contributed by atoms with E-state index in [1.807, 2.05) is 5.32 Å². The van der Waals surface area contributed by atoms with E-state index < -0.39 is 75.4 Å². The van der Waals surface area contributed by atoms with Gasteiger partial charge in [-0.05, 0) is 60.7 Å². The number of hydrogen-bond donors (Lipinski definition) is 4. The van der Waals surface area contributed by atoms with Gasteiger partial charge in [-0.3, -0.25) is 19.6 Å². The third-order valence-electron chi connectivity index (χ3n) is 11.2. The average Bonchev–Trinajstić information content (AvgIpc) is 3.39. The number of piperazine rings is 2. The van der Waals surface area contributed by atoms with Crippen molar-refractivity contribution in [2.45, 2.75) is 0 Å². The van der Waals surface area contributed by atoms with Crippen LogP contribution in [-0.4, -0.2) is 84.1 Å². The summed E-state index contributed by atoms with van der Waals surface area (Å²) in [6, 6.07) is 20.6. The standard InChI is InChI=1S/C25H19ClF3N5O2.C25H19F4N5O2/c2*26-15-3-1-2-14(10-15)25(35)33-20-12-17(27)24(23(29)22(20)28)36-16-4-5-18-19(11-16)32-21(13-31-18)34-8-6-30-7-9-34/h2*1-5,10-13,30H,6-9H2,(H,33,35). The maximum Gasteiger partial charge on any atom is 0.255 e. The molecule has 0 unspecified atom stereocenters. The smallest absolute Gasteiger partial charge is 0.255 e. The lowest BCUT2D eigenvalue weighted by atomic mass is 10.2. The van der Waals surface area contributed by atoms with Crippen LogP contribution < -0.4 is 40.5 Å². The molecule has 0 atom stereocenters. The number of carbonyl (C=O) groups is 2. The predicted octanol–water partition coefficient (Wildman–Crippen LogP) is 9.80. The highest BCUT2D eigenvalue weighted by Gasteiger charge is 2.25. The van der Waals surface area contributed by atoms with Gasteiger partial charge in [0.25, 0.3) is 11.8 Å². The van der Waals surface area contributed by atoms with Gasteiger partial charge in [-0.1, -0.05) is 23.7 Å². The van der Waals surface area contributed by atoms with Gasteiger partial charge < -0.3 is 40.5 Å². The number of aromatic nitrogens is 4. The van der Waals surface area contributed by atoms with Crippen molar-refractivity contribution in [3.8, 4) is 23.0 Å². The molecule has 4 N–H and O–H groups in total. The Morgan fingerprint density at radius 1 is 0.528 bits per heavy atom. The van der Waals surface area contributed by atoms with Crippen molar-refractivity contribution < 1.29 is 49.8 Å². The zero-order valence-corrected chi connectivity index (χ0v) is 38.1. The number of nitrogens with one attached hydrogen (secondary N) is 4. The minimum Gasteiger partial charge on any atom is -0.451 e. The number of amides is 2. The maximum absolute atomic E-state index is 14.8. The second kappa shape index (κ2) is 21.5. The van der Waals surface area contributed by atoms with Crippen LogP contribution in [0.25, 0.3) is 22.1 Å². The Bertz CT molecular complexity index is 3150. The van der Waals surface area contributed by atoms with Crippen molar-refractivity contribution in [3.05, 3.63) is 166 Å². The number of carbonyl (C=O) groups excluding carboxylic acids is 2. The number of halogens is 8. The Balaban J connectivity index is 0.000000178. The SMILES string of the molecule is O=C(Nc1cc(F)c(Oc2ccc3ncc(N4CCNCC4)nc3c2)c(F)c1F)c1cccc(Cl)c1.O=C(Nc1cc(F)c(Oc2ccc3ncc(N4CCNCC4)nc3c2)c(F)c1F)c1cccc(F)c1. The molecule has 0 bridgehead atoms. The van der Waals surface area contributed by atoms with E-state index in [0.717, 1.165) is 64.5 Å². The summed E-state index contributed by atoms with van der Waals surface area (Å²) in [5.74, 6) is -11.6. The van der Waals surface area contributed by atoms with Crippen LogP contribution in [-0.2, 0) is 0 Å². The van der Waals surface area contributed by atoms with Gasteiger partial charge in [-0.25, -0.2) is 31.9 Å². The van der Waals surface area contributed by atoms with Gasteiger partial charge in [0, 0.05) is 92.8 Å². The van der Waals surface area contributed by atoms with Crippen LogP contribution in [0.15, 0.2) is 109 Å². The fraction of sp³-hybridized carbons (Fsp3) is 0.160. The molecule has 2 aliphatic rings. The van der Waals surface area contributed by atoms with E-state index in [2.05, 4.69) is 45.7 Å². The second-order valence-corrected chi connectivity index (χ2v) is 16.5. The Hall–Kier alpha value is -8.14. The number of hydrogen-bond acceptors (Lipinski definition) is 12. The highest BCUT2D eigenvalue weighted by Crippen LogP contribution is 2.36. The zero-order chi connectivity index (χ0) is 50.5. The summed E-state index contributed by atoms with van der Waals surface area (Å²) in [5.41, 5.74) is 0.521. The molecule has 6 aromatic carbocycles. The molecule has 0 radical (unpaired) electrons. The first kappa shape index (κ1) is 48.9. The molecule has 2 amide bonds. The molecule has 4 heterocycles. The first-order chi connectivity index (χ1) is 34.8. The molecule has 0 saturated carbocycles. The largest absolute Gasteiger partial charge is 0.451 e. The summed E-state index contributed by atoms with van der Waals surface area (Å²) in [5, 5.41) is 11.0. The Morgan fingerprint density at radius 2 is 0.972 bits per heavy atom. The Morgan fingerprint density at radius 3 is 1.42 bits per heavy atom. The number of rotatable bonds is 10. The third kappa shape index (κ3) is 11.1. The summed E-state index contributed by atoms with van der Waals surface area (Å²) < 4.78 is 112. The van der Waals surface area contributed by atoms with Crippen LogP contribution in [0.3, 0.4) is 0 Å². The fourth-order valence-corrected chi connectivity index (χ4v) is 7.78. The van der Waals surface area contributed by atoms with Gasteiger partial charge in [0.05, 0.1) is 45.8 Å². The lowest BCUT2D eigenvalue weighted by Gasteiger charge is -2.28. The van der Waals surface area contributed by atoms with Gasteiger partial charge >= 0.3 is 0 Å². The van der Waals surface area contributed by atoms with E-state index in [4.69, 9.17) is 21.1 Å². The molecule has 10 rings (SSSR count). The third-order valence-corrected chi connectivity index (χ3v) is 11.5. The first-order valence-corrected chi connectivity index (χ1v) is 22.4. The highest BCUT2D eigenvalue weighted by atomic mass is 35.5. The fourth-order valence-electron chi connectivity index (χ4n) is 7.59. The van der Waals surface area contributed by atoms with Crippen LogP contribution in [0.5, 0.6) is 23.0 Å². The van der Waals surface area contributed by atoms with E-state index in [1.165, 1.54) is 54.6 Å². The normalized spacial score (nSPS) is 13.6. The van der Waals surface area contributed by atoms with Gasteiger partial charge in [-0.2, -0.15) is 8.78 Å². The highest BCUT2D eigenvalue weighted by molar-refractivity contribution is 6.31. The summed E-state index contributed by atoms with van der Waals surface area (Å²) in [6.45, 7) is 6.32. The summed E-state index contributed by atoms with van der Waals surface area (Å²) in [7, 11) is 0. The van der Waals surface area contributed by atoms with E-state index >= 15 is 0 Å².